The highest BCUT2D eigenvalue weighted by molar-refractivity contribution is 6.08. The van der Waals surface area contributed by atoms with E-state index in [4.69, 9.17) is 4.74 Å². The van der Waals surface area contributed by atoms with Crippen LogP contribution >= 0.6 is 0 Å². The molecular weight excluding hydrogens is 274 g/mol. The van der Waals surface area contributed by atoms with E-state index in [-0.39, 0.29) is 12.2 Å². The van der Waals surface area contributed by atoms with Gasteiger partial charge in [-0.3, -0.25) is 19.2 Å². The average Bonchev–Trinajstić information content (AvgIpc) is 2.63. The average molecular weight is 295 g/mol. The summed E-state index contributed by atoms with van der Waals surface area (Å²) in [4.78, 5) is 36.7. The van der Waals surface area contributed by atoms with Gasteiger partial charge < -0.3 is 4.74 Å². The lowest BCUT2D eigenvalue weighted by molar-refractivity contribution is -0.143. The highest BCUT2D eigenvalue weighted by Gasteiger charge is 2.32. The molecule has 0 spiro atoms. The molecule has 1 heterocycles. The van der Waals surface area contributed by atoms with Gasteiger partial charge in [-0.2, -0.15) is 5.10 Å². The first kappa shape index (κ1) is 16.9. The number of nitrogens with zero attached hydrogens (tertiary/aromatic N) is 3. The predicted octanol–water partition coefficient (Wildman–Crippen LogP) is 0.911. The molecule has 0 aliphatic rings. The molecule has 1 rings (SSSR count). The molecule has 1 atom stereocenters. The summed E-state index contributed by atoms with van der Waals surface area (Å²) in [6.07, 6.45) is -0.269. The van der Waals surface area contributed by atoms with E-state index in [1.807, 2.05) is 0 Å². The third-order valence-electron chi connectivity index (χ3n) is 3.31. The van der Waals surface area contributed by atoms with Gasteiger partial charge in [-0.25, -0.2) is 4.79 Å². The number of carbonyl (C=O) groups is 3. The van der Waals surface area contributed by atoms with Crippen LogP contribution in [0.3, 0.4) is 0 Å². The molecule has 0 fully saturated rings. The summed E-state index contributed by atoms with van der Waals surface area (Å²) in [5, 5.41) is 4.25. The maximum absolute atomic E-state index is 12.4. The van der Waals surface area contributed by atoms with E-state index in [9.17, 15) is 14.4 Å². The first-order valence-corrected chi connectivity index (χ1v) is 6.60. The van der Waals surface area contributed by atoms with Gasteiger partial charge in [-0.15, -0.1) is 0 Å². The molecule has 1 aromatic rings. The molecule has 1 amide bonds. The molecule has 116 valence electrons. The highest BCUT2D eigenvalue weighted by Crippen LogP contribution is 2.27. The van der Waals surface area contributed by atoms with Gasteiger partial charge in [0.2, 0.25) is 5.91 Å². The van der Waals surface area contributed by atoms with Crippen molar-refractivity contribution in [1.82, 2.24) is 9.78 Å². The topological polar surface area (TPSA) is 81.5 Å². The monoisotopic (exact) mass is 295 g/mol. The van der Waals surface area contributed by atoms with Crippen molar-refractivity contribution in [3.8, 4) is 0 Å². The predicted molar refractivity (Wildman–Crippen MR) is 76.9 cm³/mol. The van der Waals surface area contributed by atoms with Crippen LogP contribution in [0.5, 0.6) is 0 Å². The van der Waals surface area contributed by atoms with E-state index >= 15 is 0 Å². The lowest BCUT2D eigenvalue weighted by atomic mass is 10.1. The Kier molecular flexibility index (Phi) is 5.23. The number of aromatic nitrogens is 2. The molecule has 1 aromatic heterocycles. The number of anilines is 1. The van der Waals surface area contributed by atoms with Gasteiger partial charge >= 0.3 is 5.97 Å². The van der Waals surface area contributed by atoms with E-state index in [0.29, 0.717) is 11.4 Å². The van der Waals surface area contributed by atoms with Crippen LogP contribution in [-0.2, 0) is 26.2 Å². The lowest BCUT2D eigenvalue weighted by Crippen LogP contribution is -2.45. The SMILES string of the molecule is COC(=O)[C@H](C)N(C(=O)CC(C)=O)c1c(C)nn(C)c1C. The van der Waals surface area contributed by atoms with Crippen molar-refractivity contribution in [3.05, 3.63) is 11.4 Å². The number of hydrogen-bond donors (Lipinski definition) is 0. The molecular formula is C14H21N3O4. The fourth-order valence-corrected chi connectivity index (χ4v) is 2.22. The van der Waals surface area contributed by atoms with Crippen LogP contribution < -0.4 is 4.90 Å². The zero-order valence-electron chi connectivity index (χ0n) is 13.3. The molecule has 0 saturated heterocycles. The summed E-state index contributed by atoms with van der Waals surface area (Å²) in [6.45, 7) is 6.45. The molecule has 0 radical (unpaired) electrons. The maximum atomic E-state index is 12.4. The lowest BCUT2D eigenvalue weighted by Gasteiger charge is -2.27. The quantitative estimate of drug-likeness (QED) is 0.596. The van der Waals surface area contributed by atoms with E-state index in [2.05, 4.69) is 5.10 Å². The Bertz CT molecular complexity index is 577. The minimum Gasteiger partial charge on any atom is -0.467 e. The summed E-state index contributed by atoms with van der Waals surface area (Å²) in [7, 11) is 3.01. The van der Waals surface area contributed by atoms with Gasteiger partial charge in [0.05, 0.1) is 30.6 Å². The Labute approximate surface area is 123 Å². The first-order chi connectivity index (χ1) is 9.70. The molecule has 0 aromatic carbocycles. The van der Waals surface area contributed by atoms with Crippen molar-refractivity contribution in [1.29, 1.82) is 0 Å². The van der Waals surface area contributed by atoms with Crippen molar-refractivity contribution in [2.45, 2.75) is 40.2 Å². The number of rotatable bonds is 5. The van der Waals surface area contributed by atoms with Crippen LogP contribution in [0.4, 0.5) is 5.69 Å². The van der Waals surface area contributed by atoms with Crippen LogP contribution in [0, 0.1) is 13.8 Å². The van der Waals surface area contributed by atoms with E-state index in [0.717, 1.165) is 5.69 Å². The van der Waals surface area contributed by atoms with Crippen LogP contribution in [0.2, 0.25) is 0 Å². The molecule has 7 nitrogen and oxygen atoms in total. The smallest absolute Gasteiger partial charge is 0.328 e. The van der Waals surface area contributed by atoms with Crippen LogP contribution in [0.25, 0.3) is 0 Å². The number of amides is 1. The van der Waals surface area contributed by atoms with E-state index < -0.39 is 17.9 Å². The van der Waals surface area contributed by atoms with Crippen molar-refractivity contribution < 1.29 is 19.1 Å². The van der Waals surface area contributed by atoms with Crippen molar-refractivity contribution in [2.75, 3.05) is 12.0 Å². The minimum absolute atomic E-state index is 0.263. The third kappa shape index (κ3) is 3.48. The number of aryl methyl sites for hydroxylation is 2. The molecule has 7 heteroatoms. The number of ether oxygens (including phenoxy) is 1. The molecule has 0 aliphatic heterocycles. The van der Waals surface area contributed by atoms with Gasteiger partial charge in [0.15, 0.2) is 0 Å². The van der Waals surface area contributed by atoms with Gasteiger partial charge in [-0.1, -0.05) is 0 Å². The maximum Gasteiger partial charge on any atom is 0.328 e. The molecule has 21 heavy (non-hydrogen) atoms. The van der Waals surface area contributed by atoms with Crippen LogP contribution in [-0.4, -0.2) is 40.6 Å². The summed E-state index contributed by atoms with van der Waals surface area (Å²) in [6, 6.07) is -0.830. The molecule has 0 N–H and O–H groups in total. The standard InChI is InChI=1S/C14H21N3O4/c1-8(18)7-12(19)17(11(4)14(20)21-6)13-9(2)15-16(5)10(13)3/h11H,7H2,1-6H3/t11-/m0/s1. The van der Waals surface area contributed by atoms with Gasteiger partial charge in [0.25, 0.3) is 0 Å². The van der Waals surface area contributed by atoms with Crippen molar-refractivity contribution in [3.63, 3.8) is 0 Å². The second kappa shape index (κ2) is 6.51. The zero-order chi connectivity index (χ0) is 16.3. The largest absolute Gasteiger partial charge is 0.467 e. The molecule has 0 saturated carbocycles. The number of Topliss-reactive ketones (excluding diaryl/α,β-unsaturated/α-hetero) is 1. The van der Waals surface area contributed by atoms with Crippen molar-refractivity contribution in [2.24, 2.45) is 7.05 Å². The molecule has 0 unspecified atom stereocenters. The molecule has 0 bridgehead atoms. The van der Waals surface area contributed by atoms with Gasteiger partial charge in [-0.05, 0) is 27.7 Å². The first-order valence-electron chi connectivity index (χ1n) is 6.60. The number of carbonyl (C=O) groups excluding carboxylic acids is 3. The number of hydrogen-bond acceptors (Lipinski definition) is 5. The Morgan fingerprint density at radius 3 is 2.29 bits per heavy atom. The minimum atomic E-state index is -0.830. The summed E-state index contributed by atoms with van der Waals surface area (Å²) in [5.74, 6) is -1.25. The Morgan fingerprint density at radius 2 is 1.90 bits per heavy atom. The van der Waals surface area contributed by atoms with Crippen molar-refractivity contribution >= 4 is 23.3 Å². The zero-order valence-corrected chi connectivity index (χ0v) is 13.3. The summed E-state index contributed by atoms with van der Waals surface area (Å²) < 4.78 is 6.34. The van der Waals surface area contributed by atoms with Crippen LogP contribution in [0.15, 0.2) is 0 Å². The Morgan fingerprint density at radius 1 is 1.33 bits per heavy atom. The summed E-state index contributed by atoms with van der Waals surface area (Å²) >= 11 is 0. The van der Waals surface area contributed by atoms with Crippen LogP contribution in [0.1, 0.15) is 31.7 Å². The fraction of sp³-hybridized carbons (Fsp3) is 0.571. The van der Waals surface area contributed by atoms with E-state index in [1.54, 1.807) is 32.5 Å². The fourth-order valence-electron chi connectivity index (χ4n) is 2.22. The Balaban J connectivity index is 3.34. The molecule has 0 aliphatic carbocycles. The number of esters is 1. The summed E-state index contributed by atoms with van der Waals surface area (Å²) in [5.41, 5.74) is 1.89. The normalized spacial score (nSPS) is 11.9. The van der Waals surface area contributed by atoms with Gasteiger partial charge in [0, 0.05) is 7.05 Å². The second-order valence-corrected chi connectivity index (χ2v) is 4.98. The number of methoxy groups -OCH3 is 1. The number of ketones is 1. The Hall–Kier alpha value is -2.18. The second-order valence-electron chi connectivity index (χ2n) is 4.98. The highest BCUT2D eigenvalue weighted by atomic mass is 16.5. The third-order valence-corrected chi connectivity index (χ3v) is 3.31. The van der Waals surface area contributed by atoms with E-state index in [1.165, 1.54) is 18.9 Å². The van der Waals surface area contributed by atoms with Gasteiger partial charge in [0.1, 0.15) is 11.8 Å².